The first-order chi connectivity index (χ1) is 8.10. The Balaban J connectivity index is 2.23. The summed E-state index contributed by atoms with van der Waals surface area (Å²) in [4.78, 5) is 10.5. The first-order valence-electron chi connectivity index (χ1n) is 5.28. The van der Waals surface area contributed by atoms with E-state index in [9.17, 15) is 4.79 Å². The molecule has 92 valence electrons. The Morgan fingerprint density at radius 1 is 1.59 bits per heavy atom. The maximum atomic E-state index is 10.5. The second-order valence-electron chi connectivity index (χ2n) is 3.91. The molecule has 1 aromatic rings. The van der Waals surface area contributed by atoms with Gasteiger partial charge in [-0.05, 0) is 25.1 Å². The zero-order chi connectivity index (χ0) is 12.4. The second-order valence-corrected chi connectivity index (χ2v) is 3.91. The third-order valence-electron chi connectivity index (χ3n) is 2.63. The number of rotatable bonds is 2. The van der Waals surface area contributed by atoms with E-state index in [-0.39, 0.29) is 18.8 Å². The molecule has 0 bridgehead atoms. The van der Waals surface area contributed by atoms with E-state index in [1.807, 2.05) is 6.92 Å². The summed E-state index contributed by atoms with van der Waals surface area (Å²) in [6, 6.07) is 4.90. The third-order valence-corrected chi connectivity index (χ3v) is 2.63. The lowest BCUT2D eigenvalue weighted by molar-refractivity contribution is 0.0978. The van der Waals surface area contributed by atoms with Gasteiger partial charge in [0.05, 0.1) is 18.3 Å². The summed E-state index contributed by atoms with van der Waals surface area (Å²) in [7, 11) is 0. The van der Waals surface area contributed by atoms with Crippen LogP contribution in [-0.2, 0) is 0 Å². The van der Waals surface area contributed by atoms with Gasteiger partial charge in [0.2, 0.25) is 0 Å². The van der Waals surface area contributed by atoms with E-state index >= 15 is 0 Å². The van der Waals surface area contributed by atoms with Crippen molar-refractivity contribution >= 4 is 17.5 Å². The fourth-order valence-corrected chi connectivity index (χ4v) is 1.75. The van der Waals surface area contributed by atoms with Gasteiger partial charge in [-0.1, -0.05) is 0 Å². The topological polar surface area (TPSA) is 90.8 Å². The fraction of sp³-hybridized carbons (Fsp3) is 0.364. The Morgan fingerprint density at radius 2 is 2.35 bits per heavy atom. The van der Waals surface area contributed by atoms with Crippen LogP contribution in [0.4, 0.5) is 16.2 Å². The number of aliphatic hydroxyl groups is 1. The van der Waals surface area contributed by atoms with Crippen molar-refractivity contribution in [3.05, 3.63) is 18.2 Å². The minimum Gasteiger partial charge on any atom is -0.484 e. The van der Waals surface area contributed by atoms with Crippen LogP contribution in [0.3, 0.4) is 0 Å². The van der Waals surface area contributed by atoms with Crippen molar-refractivity contribution in [1.29, 1.82) is 0 Å². The molecule has 0 saturated carbocycles. The van der Waals surface area contributed by atoms with Crippen LogP contribution in [0.25, 0.3) is 0 Å². The van der Waals surface area contributed by atoms with Crippen molar-refractivity contribution in [2.24, 2.45) is 0 Å². The monoisotopic (exact) mass is 238 g/mol. The molecule has 1 heterocycles. The van der Waals surface area contributed by atoms with Gasteiger partial charge in [-0.3, -0.25) is 5.32 Å². The van der Waals surface area contributed by atoms with Gasteiger partial charge >= 0.3 is 6.09 Å². The number of hydrogen-bond acceptors (Lipinski definition) is 4. The average Bonchev–Trinajstić information content (AvgIpc) is 2.27. The summed E-state index contributed by atoms with van der Waals surface area (Å²) in [5.41, 5.74) is 1.19. The molecule has 0 aromatic heterocycles. The molecule has 0 saturated heterocycles. The van der Waals surface area contributed by atoms with Gasteiger partial charge in [0, 0.05) is 5.69 Å². The molecular formula is C11H14N2O4. The average molecular weight is 238 g/mol. The number of carboxylic acid groups (broad SMARTS) is 1. The molecule has 1 aliphatic heterocycles. The number of aliphatic hydroxyl groups excluding tert-OH is 1. The lowest BCUT2D eigenvalue weighted by Gasteiger charge is -2.32. The summed E-state index contributed by atoms with van der Waals surface area (Å²) in [6.07, 6.45) is -1.40. The van der Waals surface area contributed by atoms with Crippen molar-refractivity contribution in [2.45, 2.75) is 19.1 Å². The normalized spacial score (nSPS) is 22.0. The molecule has 0 radical (unpaired) electrons. The molecule has 1 aromatic carbocycles. The molecule has 0 fully saturated rings. The van der Waals surface area contributed by atoms with Gasteiger partial charge in [0.15, 0.2) is 0 Å². The van der Waals surface area contributed by atoms with Gasteiger partial charge in [-0.2, -0.15) is 0 Å². The lowest BCUT2D eigenvalue weighted by atomic mass is 10.1. The number of anilines is 2. The highest BCUT2D eigenvalue weighted by Gasteiger charge is 2.25. The molecule has 0 aliphatic carbocycles. The van der Waals surface area contributed by atoms with Gasteiger partial charge in [-0.25, -0.2) is 4.79 Å². The first-order valence-corrected chi connectivity index (χ1v) is 5.28. The maximum absolute atomic E-state index is 10.5. The maximum Gasteiger partial charge on any atom is 0.409 e. The molecule has 2 rings (SSSR count). The SMILES string of the molecule is C[C@@H]1Nc2cc(NC(=O)O)ccc2O[C@@H]1CO. The van der Waals surface area contributed by atoms with Crippen molar-refractivity contribution in [2.75, 3.05) is 17.2 Å². The number of fused-ring (bicyclic) bond motifs is 1. The zero-order valence-corrected chi connectivity index (χ0v) is 9.30. The van der Waals surface area contributed by atoms with Crippen LogP contribution in [0.15, 0.2) is 18.2 Å². The quantitative estimate of drug-likeness (QED) is 0.624. The van der Waals surface area contributed by atoms with Gasteiger partial charge < -0.3 is 20.3 Å². The molecule has 6 heteroatoms. The zero-order valence-electron chi connectivity index (χ0n) is 9.30. The Bertz CT molecular complexity index is 435. The summed E-state index contributed by atoms with van der Waals surface area (Å²) < 4.78 is 5.57. The number of carbonyl (C=O) groups is 1. The molecule has 0 unspecified atom stereocenters. The Morgan fingerprint density at radius 3 is 3.00 bits per heavy atom. The van der Waals surface area contributed by atoms with E-state index in [4.69, 9.17) is 14.9 Å². The first kappa shape index (κ1) is 11.5. The molecule has 4 N–H and O–H groups in total. The molecule has 17 heavy (non-hydrogen) atoms. The highest BCUT2D eigenvalue weighted by atomic mass is 16.5. The number of benzene rings is 1. The summed E-state index contributed by atoms with van der Waals surface area (Å²) in [5, 5.41) is 23.1. The van der Waals surface area contributed by atoms with Crippen LogP contribution in [0.1, 0.15) is 6.92 Å². The lowest BCUT2D eigenvalue weighted by Crippen LogP contribution is -2.41. The van der Waals surface area contributed by atoms with E-state index in [1.54, 1.807) is 18.2 Å². The second kappa shape index (κ2) is 4.50. The summed E-state index contributed by atoms with van der Waals surface area (Å²) in [5.74, 6) is 0.609. The molecule has 1 aliphatic rings. The minimum absolute atomic E-state index is 0.0346. The number of ether oxygens (including phenoxy) is 1. The highest BCUT2D eigenvalue weighted by molar-refractivity contribution is 5.84. The van der Waals surface area contributed by atoms with Crippen LogP contribution in [0.5, 0.6) is 5.75 Å². The Labute approximate surface area is 98.2 Å². The smallest absolute Gasteiger partial charge is 0.409 e. The van der Waals surface area contributed by atoms with Crippen molar-refractivity contribution in [3.63, 3.8) is 0 Å². The number of amides is 1. The van der Waals surface area contributed by atoms with Crippen molar-refractivity contribution in [1.82, 2.24) is 0 Å². The predicted molar refractivity (Wildman–Crippen MR) is 62.7 cm³/mol. The number of nitrogens with one attached hydrogen (secondary N) is 2. The summed E-state index contributed by atoms with van der Waals surface area (Å²) in [6.45, 7) is 1.82. The highest BCUT2D eigenvalue weighted by Crippen LogP contribution is 2.33. The fourth-order valence-electron chi connectivity index (χ4n) is 1.75. The minimum atomic E-state index is -1.11. The van der Waals surface area contributed by atoms with E-state index in [2.05, 4.69) is 10.6 Å². The summed E-state index contributed by atoms with van der Waals surface area (Å²) >= 11 is 0. The van der Waals surface area contributed by atoms with Crippen LogP contribution >= 0.6 is 0 Å². The van der Waals surface area contributed by atoms with E-state index in [1.165, 1.54) is 0 Å². The van der Waals surface area contributed by atoms with Crippen LogP contribution in [0.2, 0.25) is 0 Å². The van der Waals surface area contributed by atoms with Gasteiger partial charge in [0.25, 0.3) is 0 Å². The van der Waals surface area contributed by atoms with Crippen LogP contribution in [0, 0.1) is 0 Å². The molecular weight excluding hydrogens is 224 g/mol. The van der Waals surface area contributed by atoms with Crippen LogP contribution < -0.4 is 15.4 Å². The number of hydrogen-bond donors (Lipinski definition) is 4. The van der Waals surface area contributed by atoms with Crippen molar-refractivity contribution < 1.29 is 19.7 Å². The molecule has 1 amide bonds. The van der Waals surface area contributed by atoms with E-state index < -0.39 is 6.09 Å². The predicted octanol–water partition coefficient (Wildman–Crippen LogP) is 1.33. The molecule has 0 spiro atoms. The van der Waals surface area contributed by atoms with Gasteiger partial charge in [0.1, 0.15) is 11.9 Å². The van der Waals surface area contributed by atoms with E-state index in [0.717, 1.165) is 0 Å². The molecule has 6 nitrogen and oxygen atoms in total. The molecule has 2 atom stereocenters. The third kappa shape index (κ3) is 2.42. The largest absolute Gasteiger partial charge is 0.484 e. The standard InChI is InChI=1S/C11H14N2O4/c1-6-10(5-14)17-9-3-2-7(13-11(15)16)4-8(9)12-6/h2-4,6,10,12-14H,5H2,1H3,(H,15,16)/t6-,10+/m0/s1. The Hall–Kier alpha value is -1.95. The van der Waals surface area contributed by atoms with Crippen LogP contribution in [-0.4, -0.2) is 35.1 Å². The Kier molecular flexibility index (Phi) is 3.06. The van der Waals surface area contributed by atoms with E-state index in [0.29, 0.717) is 17.1 Å². The van der Waals surface area contributed by atoms with Gasteiger partial charge in [-0.15, -0.1) is 0 Å². The van der Waals surface area contributed by atoms with Crippen molar-refractivity contribution in [3.8, 4) is 5.75 Å².